The Labute approximate surface area is 139 Å². The van der Waals surface area contributed by atoms with Gasteiger partial charge in [-0.2, -0.15) is 5.10 Å². The van der Waals surface area contributed by atoms with Crippen LogP contribution in [0.1, 0.15) is 17.0 Å². The summed E-state index contributed by atoms with van der Waals surface area (Å²) in [7, 11) is 3.66. The van der Waals surface area contributed by atoms with E-state index in [4.69, 9.17) is 0 Å². The molecule has 2 rings (SSSR count). The largest absolute Gasteiger partial charge is 0.376 e. The van der Waals surface area contributed by atoms with Crippen LogP contribution in [0.25, 0.3) is 0 Å². The average Bonchev–Trinajstić information content (AvgIpc) is 2.91. The summed E-state index contributed by atoms with van der Waals surface area (Å²) in [4.78, 5) is 31.0. The summed E-state index contributed by atoms with van der Waals surface area (Å²) in [5.74, 6) is -0.210. The molecule has 0 bridgehead atoms. The van der Waals surface area contributed by atoms with E-state index in [1.54, 1.807) is 22.4 Å². The Morgan fingerprint density at radius 1 is 1.43 bits per heavy atom. The second-order valence-corrected chi connectivity index (χ2v) is 6.36. The average molecular weight is 335 g/mol. The summed E-state index contributed by atoms with van der Waals surface area (Å²) in [6.45, 7) is 2.49. The molecule has 2 aromatic rings. The van der Waals surface area contributed by atoms with Crippen LogP contribution in [0, 0.1) is 6.92 Å². The van der Waals surface area contributed by atoms with Gasteiger partial charge in [-0.1, -0.05) is 0 Å². The highest BCUT2D eigenvalue weighted by atomic mass is 32.1. The summed E-state index contributed by atoms with van der Waals surface area (Å²) in [6.07, 6.45) is 3.31. The van der Waals surface area contributed by atoms with Crippen LogP contribution in [-0.2, 0) is 17.8 Å². The van der Waals surface area contributed by atoms with E-state index in [0.717, 1.165) is 23.2 Å². The Balaban J connectivity index is 1.79. The third-order valence-corrected chi connectivity index (χ3v) is 4.41. The number of aromatic nitrogens is 3. The molecule has 0 aromatic carbocycles. The number of aryl methyl sites for hydroxylation is 2. The molecule has 2 heterocycles. The Kier molecular flexibility index (Phi) is 5.86. The van der Waals surface area contributed by atoms with Gasteiger partial charge in [0.05, 0.1) is 23.1 Å². The molecule has 0 aliphatic carbocycles. The zero-order valence-corrected chi connectivity index (χ0v) is 14.4. The van der Waals surface area contributed by atoms with Crippen LogP contribution in [0.2, 0.25) is 0 Å². The predicted octanol–water partition coefficient (Wildman–Crippen LogP) is 0.823. The lowest BCUT2D eigenvalue weighted by molar-refractivity contribution is -0.121. The highest BCUT2D eigenvalue weighted by Crippen LogP contribution is 2.13. The minimum absolute atomic E-state index is 0.0634. The minimum atomic E-state index is -0.286. The van der Waals surface area contributed by atoms with Crippen molar-refractivity contribution in [1.29, 1.82) is 0 Å². The standard InChI is InChI=1S/C15H21N5O2S/c1-11-13(23-10-17-11)5-4-6-16-14(21)9-20-15(22)7-12(8-18-20)19(2)3/h7-8,10H,4-6,9H2,1-3H3,(H,16,21). The first-order chi connectivity index (χ1) is 11.0. The fraction of sp³-hybridized carbons (Fsp3) is 0.467. The lowest BCUT2D eigenvalue weighted by atomic mass is 10.2. The summed E-state index contributed by atoms with van der Waals surface area (Å²) in [5, 5.41) is 6.83. The van der Waals surface area contributed by atoms with Crippen molar-refractivity contribution in [1.82, 2.24) is 20.1 Å². The lowest BCUT2D eigenvalue weighted by Crippen LogP contribution is -2.34. The second kappa shape index (κ2) is 7.87. The van der Waals surface area contributed by atoms with Crippen molar-refractivity contribution in [3.05, 3.63) is 38.7 Å². The van der Waals surface area contributed by atoms with E-state index in [9.17, 15) is 9.59 Å². The lowest BCUT2D eigenvalue weighted by Gasteiger charge is -2.12. The van der Waals surface area contributed by atoms with Gasteiger partial charge in [0.15, 0.2) is 0 Å². The molecule has 0 atom stereocenters. The van der Waals surface area contributed by atoms with E-state index in [0.29, 0.717) is 12.2 Å². The van der Waals surface area contributed by atoms with Crippen LogP contribution >= 0.6 is 11.3 Å². The topological polar surface area (TPSA) is 80.1 Å². The molecule has 0 spiro atoms. The molecular formula is C15H21N5O2S. The first-order valence-corrected chi connectivity index (χ1v) is 8.25. The molecule has 0 fully saturated rings. The minimum Gasteiger partial charge on any atom is -0.376 e. The van der Waals surface area contributed by atoms with Crippen LogP contribution in [0.4, 0.5) is 5.69 Å². The molecular weight excluding hydrogens is 314 g/mol. The molecule has 2 aromatic heterocycles. The monoisotopic (exact) mass is 335 g/mol. The number of hydrogen-bond acceptors (Lipinski definition) is 6. The van der Waals surface area contributed by atoms with Crippen molar-refractivity contribution in [2.45, 2.75) is 26.3 Å². The third-order valence-electron chi connectivity index (χ3n) is 3.41. The number of amides is 1. The van der Waals surface area contributed by atoms with Crippen molar-refractivity contribution in [2.75, 3.05) is 25.5 Å². The van der Waals surface area contributed by atoms with Crippen molar-refractivity contribution in [2.24, 2.45) is 0 Å². The number of thiazole rings is 1. The number of nitrogens with zero attached hydrogens (tertiary/aromatic N) is 4. The quantitative estimate of drug-likeness (QED) is 0.758. The maximum atomic E-state index is 11.9. The zero-order chi connectivity index (χ0) is 16.8. The maximum Gasteiger partial charge on any atom is 0.269 e. The molecule has 0 aliphatic rings. The van der Waals surface area contributed by atoms with Crippen LogP contribution in [0.5, 0.6) is 0 Å². The van der Waals surface area contributed by atoms with Gasteiger partial charge in [-0.3, -0.25) is 9.59 Å². The van der Waals surface area contributed by atoms with Gasteiger partial charge in [0.1, 0.15) is 6.54 Å². The molecule has 0 aliphatic heterocycles. The zero-order valence-electron chi connectivity index (χ0n) is 13.6. The van der Waals surface area contributed by atoms with Crippen molar-refractivity contribution in [3.8, 4) is 0 Å². The molecule has 8 heteroatoms. The van der Waals surface area contributed by atoms with E-state index >= 15 is 0 Å². The Morgan fingerprint density at radius 2 is 2.22 bits per heavy atom. The number of carbonyl (C=O) groups excluding carboxylic acids is 1. The third kappa shape index (κ3) is 4.88. The van der Waals surface area contributed by atoms with Crippen molar-refractivity contribution >= 4 is 22.9 Å². The Hall–Kier alpha value is -2.22. The summed E-state index contributed by atoms with van der Waals surface area (Å²) >= 11 is 1.63. The normalized spacial score (nSPS) is 10.6. The molecule has 0 unspecified atom stereocenters. The first-order valence-electron chi connectivity index (χ1n) is 7.37. The summed E-state index contributed by atoms with van der Waals surface area (Å²) in [6, 6.07) is 1.47. The maximum absolute atomic E-state index is 11.9. The van der Waals surface area contributed by atoms with Crippen molar-refractivity contribution in [3.63, 3.8) is 0 Å². The Morgan fingerprint density at radius 3 is 2.83 bits per heavy atom. The first kappa shape index (κ1) is 17.1. The number of carbonyl (C=O) groups is 1. The van der Waals surface area contributed by atoms with Gasteiger partial charge < -0.3 is 10.2 Å². The molecule has 124 valence electrons. The van der Waals surface area contributed by atoms with E-state index in [2.05, 4.69) is 15.4 Å². The molecule has 0 saturated heterocycles. The van der Waals surface area contributed by atoms with Crippen molar-refractivity contribution < 1.29 is 4.79 Å². The van der Waals surface area contributed by atoms with E-state index in [1.807, 2.05) is 26.5 Å². The molecule has 23 heavy (non-hydrogen) atoms. The van der Waals surface area contributed by atoms with Gasteiger partial charge in [0.2, 0.25) is 5.91 Å². The SMILES string of the molecule is Cc1ncsc1CCCNC(=O)Cn1ncc(N(C)C)cc1=O. The van der Waals surface area contributed by atoms with Crippen LogP contribution in [0.15, 0.2) is 22.6 Å². The number of rotatable bonds is 7. The van der Waals surface area contributed by atoms with Gasteiger partial charge in [-0.25, -0.2) is 9.67 Å². The van der Waals surface area contributed by atoms with Gasteiger partial charge in [-0.15, -0.1) is 11.3 Å². The summed E-state index contributed by atoms with van der Waals surface area (Å²) in [5.41, 5.74) is 3.31. The number of anilines is 1. The van der Waals surface area contributed by atoms with Gasteiger partial charge in [0, 0.05) is 31.6 Å². The van der Waals surface area contributed by atoms with E-state index in [-0.39, 0.29) is 18.0 Å². The van der Waals surface area contributed by atoms with Gasteiger partial charge in [0.25, 0.3) is 5.56 Å². The fourth-order valence-electron chi connectivity index (χ4n) is 2.02. The summed E-state index contributed by atoms with van der Waals surface area (Å²) < 4.78 is 1.16. The van der Waals surface area contributed by atoms with E-state index in [1.165, 1.54) is 10.9 Å². The highest BCUT2D eigenvalue weighted by molar-refractivity contribution is 7.09. The molecule has 0 saturated carbocycles. The number of nitrogens with one attached hydrogen (secondary N) is 1. The molecule has 1 amide bonds. The second-order valence-electron chi connectivity index (χ2n) is 5.42. The smallest absolute Gasteiger partial charge is 0.269 e. The fourth-order valence-corrected chi connectivity index (χ4v) is 2.85. The number of hydrogen-bond donors (Lipinski definition) is 1. The highest BCUT2D eigenvalue weighted by Gasteiger charge is 2.07. The molecule has 0 radical (unpaired) electrons. The van der Waals surface area contributed by atoms with Crippen LogP contribution < -0.4 is 15.8 Å². The van der Waals surface area contributed by atoms with Gasteiger partial charge >= 0.3 is 0 Å². The Bertz CT molecular complexity index is 723. The van der Waals surface area contributed by atoms with E-state index < -0.39 is 0 Å². The molecule has 1 N–H and O–H groups in total. The molecule has 7 nitrogen and oxygen atoms in total. The predicted molar refractivity (Wildman–Crippen MR) is 91.0 cm³/mol. The van der Waals surface area contributed by atoms with Gasteiger partial charge in [-0.05, 0) is 19.8 Å². The van der Waals surface area contributed by atoms with Crippen LogP contribution in [-0.4, -0.2) is 41.3 Å². The van der Waals surface area contributed by atoms with Crippen LogP contribution in [0.3, 0.4) is 0 Å².